The van der Waals surface area contributed by atoms with Gasteiger partial charge in [0.15, 0.2) is 0 Å². The van der Waals surface area contributed by atoms with Gasteiger partial charge in [-0.25, -0.2) is 9.97 Å². The van der Waals surface area contributed by atoms with Crippen molar-refractivity contribution in [2.75, 3.05) is 12.9 Å². The highest BCUT2D eigenvalue weighted by atomic mass is 79.9. The maximum absolute atomic E-state index is 10.8. The first-order chi connectivity index (χ1) is 11.4. The molecule has 24 heavy (non-hydrogen) atoms. The number of aromatic nitrogens is 2. The zero-order valence-electron chi connectivity index (χ0n) is 13.7. The van der Waals surface area contributed by atoms with Gasteiger partial charge >= 0.3 is 0 Å². The molecule has 0 amide bonds. The van der Waals surface area contributed by atoms with E-state index in [4.69, 9.17) is 0 Å². The molecule has 0 spiro atoms. The molecule has 2 rings (SSSR count). The smallest absolute Gasteiger partial charge is 0.265 e. The van der Waals surface area contributed by atoms with Crippen LogP contribution in [0.25, 0.3) is 0 Å². The number of rotatable bonds is 6. The summed E-state index contributed by atoms with van der Waals surface area (Å²) in [6.45, 7) is 0.633. The van der Waals surface area contributed by atoms with Crippen molar-refractivity contribution in [2.24, 2.45) is 5.92 Å². The van der Waals surface area contributed by atoms with E-state index in [1.54, 1.807) is 12.4 Å². The Kier molecular flexibility index (Phi) is 7.62. The van der Waals surface area contributed by atoms with Crippen LogP contribution in [0.5, 0.6) is 0 Å². The van der Waals surface area contributed by atoms with E-state index in [9.17, 15) is 8.42 Å². The third-order valence-electron chi connectivity index (χ3n) is 3.93. The Bertz CT molecular complexity index is 675. The zero-order valence-corrected chi connectivity index (χ0v) is 16.1. The van der Waals surface area contributed by atoms with Crippen molar-refractivity contribution in [2.45, 2.75) is 44.7 Å². The van der Waals surface area contributed by atoms with Gasteiger partial charge in [0.1, 0.15) is 12.4 Å². The summed E-state index contributed by atoms with van der Waals surface area (Å²) < 4.78 is 27.1. The predicted octanol–water partition coefficient (Wildman–Crippen LogP) is 2.26. The van der Waals surface area contributed by atoms with Crippen molar-refractivity contribution in [3.8, 4) is 11.8 Å². The van der Waals surface area contributed by atoms with Crippen LogP contribution in [0.1, 0.15) is 37.9 Å². The number of halogens is 1. The molecule has 1 heterocycles. The molecule has 0 radical (unpaired) electrons. The first-order valence-electron chi connectivity index (χ1n) is 7.92. The van der Waals surface area contributed by atoms with Crippen LogP contribution in [0.15, 0.2) is 16.9 Å². The predicted molar refractivity (Wildman–Crippen MR) is 95.5 cm³/mol. The van der Waals surface area contributed by atoms with E-state index >= 15 is 0 Å². The van der Waals surface area contributed by atoms with Crippen molar-refractivity contribution < 1.29 is 12.6 Å². The fourth-order valence-corrected chi connectivity index (χ4v) is 3.12. The lowest BCUT2D eigenvalue weighted by Crippen LogP contribution is -2.33. The molecule has 0 aliphatic heterocycles. The van der Waals surface area contributed by atoms with Crippen LogP contribution in [0.2, 0.25) is 0 Å². The summed E-state index contributed by atoms with van der Waals surface area (Å²) >= 11 is 3.33. The lowest BCUT2D eigenvalue weighted by molar-refractivity contribution is 0.293. The molecule has 1 aliphatic rings. The van der Waals surface area contributed by atoms with Gasteiger partial charge in [-0.3, -0.25) is 4.18 Å². The molecule has 8 heteroatoms. The lowest BCUT2D eigenvalue weighted by atomic mass is 9.84. The van der Waals surface area contributed by atoms with E-state index in [0.717, 1.165) is 48.7 Å². The third kappa shape index (κ3) is 7.71. The highest BCUT2D eigenvalue weighted by molar-refractivity contribution is 9.10. The summed E-state index contributed by atoms with van der Waals surface area (Å²) in [5, 5.41) is 3.51. The van der Waals surface area contributed by atoms with Gasteiger partial charge in [0.2, 0.25) is 0 Å². The summed E-state index contributed by atoms with van der Waals surface area (Å²) in [6, 6.07) is 0.495. The minimum absolute atomic E-state index is 0.0527. The molecule has 1 aromatic rings. The van der Waals surface area contributed by atoms with Gasteiger partial charge in [0.05, 0.1) is 17.3 Å². The van der Waals surface area contributed by atoms with E-state index in [1.165, 1.54) is 0 Å². The number of hydrogen-bond donors (Lipinski definition) is 1. The molecular weight excluding hydrogens is 394 g/mol. The fourth-order valence-electron chi connectivity index (χ4n) is 2.64. The van der Waals surface area contributed by atoms with Crippen LogP contribution in [-0.4, -0.2) is 37.3 Å². The molecule has 0 unspecified atom stereocenters. The summed E-state index contributed by atoms with van der Waals surface area (Å²) in [6.07, 6.45) is 9.82. The van der Waals surface area contributed by atoms with Crippen LogP contribution in [0.3, 0.4) is 0 Å². The quantitative estimate of drug-likeness (QED) is 0.566. The molecule has 1 fully saturated rings. The van der Waals surface area contributed by atoms with Gasteiger partial charge in [0, 0.05) is 24.9 Å². The molecule has 1 N–H and O–H groups in total. The minimum Gasteiger partial charge on any atom is -0.307 e. The first-order valence-corrected chi connectivity index (χ1v) is 10.5. The standard InChI is InChI=1S/C16H22BrN3O3S/c1-24(21,22)23-9-3-2-4-13-5-7-15(8-6-13)18-12-16-19-10-14(17)11-20-16/h10-11,13,15,18H,4-9,12H2,1H3. The summed E-state index contributed by atoms with van der Waals surface area (Å²) in [5.74, 6) is 7.17. The normalized spacial score (nSPS) is 21.1. The second-order valence-corrected chi connectivity index (χ2v) is 8.50. The Balaban J connectivity index is 1.63. The summed E-state index contributed by atoms with van der Waals surface area (Å²) in [7, 11) is -3.39. The molecule has 0 bridgehead atoms. The lowest BCUT2D eigenvalue weighted by Gasteiger charge is -2.28. The SMILES string of the molecule is CS(=O)(=O)OCC#CCC1CCC(NCc2ncc(Br)cn2)CC1. The van der Waals surface area contributed by atoms with Gasteiger partial charge in [-0.05, 0) is 47.5 Å². The topological polar surface area (TPSA) is 81.2 Å². The minimum atomic E-state index is -3.39. The van der Waals surface area contributed by atoms with E-state index in [-0.39, 0.29) is 6.61 Å². The van der Waals surface area contributed by atoms with Crippen molar-refractivity contribution in [1.29, 1.82) is 0 Å². The van der Waals surface area contributed by atoms with Crippen LogP contribution in [0.4, 0.5) is 0 Å². The van der Waals surface area contributed by atoms with Gasteiger partial charge < -0.3 is 5.32 Å². The van der Waals surface area contributed by atoms with Crippen molar-refractivity contribution in [1.82, 2.24) is 15.3 Å². The first kappa shape index (κ1) is 19.3. The Morgan fingerprint density at radius 3 is 2.54 bits per heavy atom. The molecule has 1 aromatic heterocycles. The number of nitrogens with one attached hydrogen (secondary N) is 1. The number of nitrogens with zero attached hydrogens (tertiary/aromatic N) is 2. The Hall–Kier alpha value is -1.01. The number of hydrogen-bond acceptors (Lipinski definition) is 6. The van der Waals surface area contributed by atoms with E-state index in [1.807, 2.05) is 0 Å². The van der Waals surface area contributed by atoms with Crippen molar-refractivity contribution in [3.05, 3.63) is 22.7 Å². The monoisotopic (exact) mass is 415 g/mol. The Morgan fingerprint density at radius 1 is 1.25 bits per heavy atom. The van der Waals surface area contributed by atoms with Crippen LogP contribution >= 0.6 is 15.9 Å². The van der Waals surface area contributed by atoms with E-state index in [0.29, 0.717) is 18.5 Å². The maximum atomic E-state index is 10.8. The molecule has 1 saturated carbocycles. The van der Waals surface area contributed by atoms with Gasteiger partial charge in [-0.2, -0.15) is 8.42 Å². The molecule has 0 saturated heterocycles. The van der Waals surface area contributed by atoms with E-state index < -0.39 is 10.1 Å². The van der Waals surface area contributed by atoms with Crippen molar-refractivity contribution in [3.63, 3.8) is 0 Å². The Labute approximate surface area is 152 Å². The second-order valence-electron chi connectivity index (χ2n) is 5.94. The molecule has 0 atom stereocenters. The molecular formula is C16H22BrN3O3S. The van der Waals surface area contributed by atoms with Crippen LogP contribution in [-0.2, 0) is 20.8 Å². The molecule has 132 valence electrons. The average Bonchev–Trinajstić information content (AvgIpc) is 2.54. The third-order valence-corrected chi connectivity index (χ3v) is 4.89. The van der Waals surface area contributed by atoms with Crippen molar-refractivity contribution >= 4 is 26.0 Å². The highest BCUT2D eigenvalue weighted by Gasteiger charge is 2.20. The van der Waals surface area contributed by atoms with Crippen LogP contribution in [0, 0.1) is 17.8 Å². The van der Waals surface area contributed by atoms with Gasteiger partial charge in [-0.15, -0.1) is 5.92 Å². The zero-order chi connectivity index (χ0) is 17.4. The Morgan fingerprint density at radius 2 is 1.92 bits per heavy atom. The average molecular weight is 416 g/mol. The largest absolute Gasteiger partial charge is 0.307 e. The fraction of sp³-hybridized carbons (Fsp3) is 0.625. The maximum Gasteiger partial charge on any atom is 0.265 e. The summed E-state index contributed by atoms with van der Waals surface area (Å²) in [4.78, 5) is 8.52. The van der Waals surface area contributed by atoms with Crippen LogP contribution < -0.4 is 5.32 Å². The van der Waals surface area contributed by atoms with Gasteiger partial charge in [-0.1, -0.05) is 5.92 Å². The van der Waals surface area contributed by atoms with E-state index in [2.05, 4.69) is 47.2 Å². The molecule has 0 aromatic carbocycles. The molecule has 6 nitrogen and oxygen atoms in total. The highest BCUT2D eigenvalue weighted by Crippen LogP contribution is 2.26. The molecule has 1 aliphatic carbocycles. The summed E-state index contributed by atoms with van der Waals surface area (Å²) in [5.41, 5.74) is 0. The van der Waals surface area contributed by atoms with Gasteiger partial charge in [0.25, 0.3) is 10.1 Å². The second kappa shape index (κ2) is 9.47.